The van der Waals surface area contributed by atoms with E-state index >= 15 is 0 Å². The number of nitrogens with one attached hydrogen (secondary N) is 1. The van der Waals surface area contributed by atoms with E-state index in [9.17, 15) is 4.79 Å². The maximum Gasteiger partial charge on any atom is 0.233 e. The van der Waals surface area contributed by atoms with Crippen LogP contribution >= 0.6 is 23.1 Å². The maximum absolute atomic E-state index is 12.8. The van der Waals surface area contributed by atoms with Gasteiger partial charge in [-0.2, -0.15) is 0 Å². The SMILES string of the molecule is COc1ccccc1Nc1nnc(SCC(=O)N2CCc3cc(OC)c(OC)cc3C2)s1. The Morgan fingerprint density at radius 2 is 1.78 bits per heavy atom. The van der Waals surface area contributed by atoms with Crippen molar-refractivity contribution in [1.82, 2.24) is 15.1 Å². The predicted octanol–water partition coefficient (Wildman–Crippen LogP) is 3.98. The number of hydrogen-bond donors (Lipinski definition) is 1. The number of methoxy groups -OCH3 is 3. The van der Waals surface area contributed by atoms with Crippen molar-refractivity contribution in [2.45, 2.75) is 17.3 Å². The summed E-state index contributed by atoms with van der Waals surface area (Å²) in [6.45, 7) is 1.24. The number of fused-ring (bicyclic) bond motifs is 1. The van der Waals surface area contributed by atoms with Gasteiger partial charge in [-0.1, -0.05) is 35.2 Å². The summed E-state index contributed by atoms with van der Waals surface area (Å²) in [6, 6.07) is 11.6. The minimum absolute atomic E-state index is 0.0740. The Kier molecular flexibility index (Phi) is 7.01. The van der Waals surface area contributed by atoms with Crippen LogP contribution in [0.5, 0.6) is 17.2 Å². The molecule has 2 aromatic carbocycles. The van der Waals surface area contributed by atoms with Crippen molar-refractivity contribution >= 4 is 39.8 Å². The van der Waals surface area contributed by atoms with Crippen molar-refractivity contribution in [3.05, 3.63) is 47.5 Å². The third kappa shape index (κ3) is 4.91. The van der Waals surface area contributed by atoms with Crippen LogP contribution in [0.1, 0.15) is 11.1 Å². The number of carbonyl (C=O) groups is 1. The summed E-state index contributed by atoms with van der Waals surface area (Å²) in [5.74, 6) is 2.51. The Morgan fingerprint density at radius 3 is 2.53 bits per heavy atom. The zero-order chi connectivity index (χ0) is 22.5. The minimum Gasteiger partial charge on any atom is -0.495 e. The van der Waals surface area contributed by atoms with Gasteiger partial charge in [0.05, 0.1) is 32.8 Å². The first-order valence-electron chi connectivity index (χ1n) is 9.99. The smallest absolute Gasteiger partial charge is 0.233 e. The summed E-state index contributed by atoms with van der Waals surface area (Å²) in [7, 11) is 4.87. The number of aromatic nitrogens is 2. The summed E-state index contributed by atoms with van der Waals surface area (Å²) in [5, 5.41) is 12.2. The molecule has 2 heterocycles. The largest absolute Gasteiger partial charge is 0.495 e. The van der Waals surface area contributed by atoms with Gasteiger partial charge in [0.15, 0.2) is 15.8 Å². The first-order chi connectivity index (χ1) is 15.6. The molecule has 1 amide bonds. The Hall–Kier alpha value is -2.98. The number of thioether (sulfide) groups is 1. The molecule has 168 valence electrons. The highest BCUT2D eigenvalue weighted by atomic mass is 32.2. The fraction of sp³-hybridized carbons (Fsp3) is 0.318. The van der Waals surface area contributed by atoms with Crippen LogP contribution in [-0.4, -0.2) is 54.6 Å². The van der Waals surface area contributed by atoms with Crippen LogP contribution in [-0.2, 0) is 17.8 Å². The number of amides is 1. The second-order valence-corrected chi connectivity index (χ2v) is 9.23. The molecule has 32 heavy (non-hydrogen) atoms. The van der Waals surface area contributed by atoms with Gasteiger partial charge in [-0.15, -0.1) is 10.2 Å². The van der Waals surface area contributed by atoms with E-state index in [1.165, 1.54) is 28.7 Å². The molecule has 1 aromatic heterocycles. The Morgan fingerprint density at radius 1 is 1.06 bits per heavy atom. The number of hydrogen-bond acceptors (Lipinski definition) is 9. The average molecular weight is 473 g/mol. The number of ether oxygens (including phenoxy) is 3. The van der Waals surface area contributed by atoms with E-state index in [-0.39, 0.29) is 5.91 Å². The van der Waals surface area contributed by atoms with E-state index in [0.717, 1.165) is 33.5 Å². The molecule has 0 unspecified atom stereocenters. The lowest BCUT2D eigenvalue weighted by Crippen LogP contribution is -2.37. The van der Waals surface area contributed by atoms with Gasteiger partial charge in [0.25, 0.3) is 0 Å². The van der Waals surface area contributed by atoms with Gasteiger partial charge in [-0.3, -0.25) is 4.79 Å². The quantitative estimate of drug-likeness (QED) is 0.493. The van der Waals surface area contributed by atoms with Gasteiger partial charge in [-0.25, -0.2) is 0 Å². The van der Waals surface area contributed by atoms with E-state index in [2.05, 4.69) is 15.5 Å². The lowest BCUT2D eigenvalue weighted by Gasteiger charge is -2.29. The summed E-state index contributed by atoms with van der Waals surface area (Å²) in [6.07, 6.45) is 0.790. The highest BCUT2D eigenvalue weighted by Crippen LogP contribution is 2.34. The molecule has 0 atom stereocenters. The number of carbonyl (C=O) groups excluding carboxylic acids is 1. The average Bonchev–Trinajstić information content (AvgIpc) is 3.28. The summed E-state index contributed by atoms with van der Waals surface area (Å²) in [5.41, 5.74) is 3.10. The van der Waals surface area contributed by atoms with Crippen molar-refractivity contribution in [3.8, 4) is 17.2 Å². The van der Waals surface area contributed by atoms with Crippen LogP contribution in [0.2, 0.25) is 0 Å². The van der Waals surface area contributed by atoms with Crippen LogP contribution in [0.15, 0.2) is 40.7 Å². The first kappa shape index (κ1) is 22.2. The van der Waals surface area contributed by atoms with Gasteiger partial charge < -0.3 is 24.4 Å². The van der Waals surface area contributed by atoms with Crippen molar-refractivity contribution in [2.24, 2.45) is 0 Å². The third-order valence-corrected chi connectivity index (χ3v) is 7.10. The molecular formula is C22H24N4O4S2. The molecule has 8 nitrogen and oxygen atoms in total. The highest BCUT2D eigenvalue weighted by Gasteiger charge is 2.23. The fourth-order valence-corrected chi connectivity index (χ4v) is 5.16. The summed E-state index contributed by atoms with van der Waals surface area (Å²) in [4.78, 5) is 14.7. The van der Waals surface area contributed by atoms with Crippen LogP contribution in [0.25, 0.3) is 0 Å². The molecule has 0 aliphatic carbocycles. The Bertz CT molecular complexity index is 1110. The zero-order valence-electron chi connectivity index (χ0n) is 18.1. The normalized spacial score (nSPS) is 12.8. The predicted molar refractivity (Wildman–Crippen MR) is 126 cm³/mol. The van der Waals surface area contributed by atoms with E-state index in [0.29, 0.717) is 29.7 Å². The third-order valence-electron chi connectivity index (χ3n) is 5.14. The molecule has 0 saturated heterocycles. The van der Waals surface area contributed by atoms with Gasteiger partial charge in [-0.05, 0) is 41.8 Å². The van der Waals surface area contributed by atoms with Crippen molar-refractivity contribution in [1.29, 1.82) is 0 Å². The monoisotopic (exact) mass is 472 g/mol. The van der Waals surface area contributed by atoms with E-state index in [4.69, 9.17) is 14.2 Å². The van der Waals surface area contributed by atoms with Gasteiger partial charge >= 0.3 is 0 Å². The van der Waals surface area contributed by atoms with Crippen LogP contribution < -0.4 is 19.5 Å². The molecule has 1 aliphatic rings. The Balaban J connectivity index is 1.35. The van der Waals surface area contributed by atoms with Gasteiger partial charge in [0, 0.05) is 13.1 Å². The highest BCUT2D eigenvalue weighted by molar-refractivity contribution is 8.01. The number of para-hydroxylation sites is 2. The molecule has 0 fully saturated rings. The molecule has 4 rings (SSSR count). The number of benzene rings is 2. The maximum atomic E-state index is 12.8. The molecule has 0 spiro atoms. The molecule has 1 aliphatic heterocycles. The second-order valence-electron chi connectivity index (χ2n) is 7.03. The number of rotatable bonds is 8. The molecule has 0 radical (unpaired) electrons. The van der Waals surface area contributed by atoms with Gasteiger partial charge in [0.2, 0.25) is 11.0 Å². The number of anilines is 2. The standard InChI is InChI=1S/C22H24N4O4S2/c1-28-17-7-5-4-6-16(17)23-21-24-25-22(32-21)31-13-20(27)26-9-8-14-10-18(29-2)19(30-3)11-15(14)12-26/h4-7,10-11H,8-9,12-13H2,1-3H3,(H,23,24). The topological polar surface area (TPSA) is 85.8 Å². The molecular weight excluding hydrogens is 448 g/mol. The minimum atomic E-state index is 0.0740. The zero-order valence-corrected chi connectivity index (χ0v) is 19.7. The molecule has 1 N–H and O–H groups in total. The van der Waals surface area contributed by atoms with Crippen molar-refractivity contribution in [3.63, 3.8) is 0 Å². The molecule has 10 heteroatoms. The summed E-state index contributed by atoms with van der Waals surface area (Å²) >= 11 is 2.80. The van der Waals surface area contributed by atoms with Crippen LogP contribution in [0, 0.1) is 0 Å². The lowest BCUT2D eigenvalue weighted by atomic mass is 9.99. The van der Waals surface area contributed by atoms with Crippen molar-refractivity contribution in [2.75, 3.05) is 38.9 Å². The molecule has 0 bridgehead atoms. The van der Waals surface area contributed by atoms with Crippen LogP contribution in [0.3, 0.4) is 0 Å². The van der Waals surface area contributed by atoms with E-state index < -0.39 is 0 Å². The van der Waals surface area contributed by atoms with E-state index in [1.807, 2.05) is 41.3 Å². The van der Waals surface area contributed by atoms with E-state index in [1.54, 1.807) is 21.3 Å². The summed E-state index contributed by atoms with van der Waals surface area (Å²) < 4.78 is 16.9. The fourth-order valence-electron chi connectivity index (χ4n) is 3.49. The molecule has 0 saturated carbocycles. The van der Waals surface area contributed by atoms with Crippen LogP contribution in [0.4, 0.5) is 10.8 Å². The van der Waals surface area contributed by atoms with Gasteiger partial charge in [0.1, 0.15) is 5.75 Å². The first-order valence-corrected chi connectivity index (χ1v) is 11.8. The van der Waals surface area contributed by atoms with Crippen molar-refractivity contribution < 1.29 is 19.0 Å². The Labute approximate surface area is 194 Å². The number of nitrogens with zero attached hydrogens (tertiary/aromatic N) is 3. The lowest BCUT2D eigenvalue weighted by molar-refractivity contribution is -0.129. The second kappa shape index (κ2) is 10.1. The molecule has 3 aromatic rings.